The van der Waals surface area contributed by atoms with Gasteiger partial charge in [0.05, 0.1) is 7.11 Å². The molecular formula is C25H31N3O5. The lowest BCUT2D eigenvalue weighted by Gasteiger charge is -2.19. The van der Waals surface area contributed by atoms with E-state index in [9.17, 15) is 14.4 Å². The Morgan fingerprint density at radius 1 is 1.00 bits per heavy atom. The first-order chi connectivity index (χ1) is 15.7. The molecule has 8 nitrogen and oxygen atoms in total. The van der Waals surface area contributed by atoms with E-state index in [4.69, 9.17) is 9.47 Å². The van der Waals surface area contributed by atoms with Gasteiger partial charge in [-0.05, 0) is 56.2 Å². The molecule has 0 unspecified atom stereocenters. The van der Waals surface area contributed by atoms with Gasteiger partial charge in [0.25, 0.3) is 0 Å². The molecule has 176 valence electrons. The molecule has 0 radical (unpaired) electrons. The van der Waals surface area contributed by atoms with E-state index < -0.39 is 11.7 Å². The van der Waals surface area contributed by atoms with E-state index in [0.717, 1.165) is 11.1 Å². The summed E-state index contributed by atoms with van der Waals surface area (Å²) >= 11 is 0. The number of ether oxygens (including phenoxy) is 2. The largest absolute Gasteiger partial charge is 0.497 e. The third-order valence-corrected chi connectivity index (χ3v) is 4.29. The number of carbonyl (C=O) groups is 3. The number of para-hydroxylation sites is 1. The first-order valence-corrected chi connectivity index (χ1v) is 10.6. The van der Waals surface area contributed by atoms with Crippen LogP contribution in [0, 0.1) is 0 Å². The van der Waals surface area contributed by atoms with Gasteiger partial charge in [0, 0.05) is 31.3 Å². The van der Waals surface area contributed by atoms with Crippen LogP contribution >= 0.6 is 0 Å². The first-order valence-electron chi connectivity index (χ1n) is 10.6. The van der Waals surface area contributed by atoms with Crippen molar-refractivity contribution in [3.63, 3.8) is 0 Å². The van der Waals surface area contributed by atoms with Gasteiger partial charge in [0.1, 0.15) is 11.4 Å². The third-order valence-electron chi connectivity index (χ3n) is 4.29. The topological polar surface area (TPSA) is 106 Å². The predicted octanol–water partition coefficient (Wildman–Crippen LogP) is 3.88. The van der Waals surface area contributed by atoms with Crippen molar-refractivity contribution in [1.82, 2.24) is 10.6 Å². The number of alkyl carbamates (subject to hydrolysis) is 1. The Balaban J connectivity index is 1.84. The molecule has 3 amide bonds. The predicted molar refractivity (Wildman–Crippen MR) is 128 cm³/mol. The van der Waals surface area contributed by atoms with Crippen LogP contribution in [0.25, 0.3) is 6.08 Å². The summed E-state index contributed by atoms with van der Waals surface area (Å²) in [4.78, 5) is 36.1. The maximum absolute atomic E-state index is 12.3. The second-order valence-electron chi connectivity index (χ2n) is 8.21. The van der Waals surface area contributed by atoms with Crippen molar-refractivity contribution in [2.45, 2.75) is 39.3 Å². The van der Waals surface area contributed by atoms with Gasteiger partial charge in [-0.2, -0.15) is 0 Å². The molecule has 2 aromatic carbocycles. The fraction of sp³-hybridized carbons (Fsp3) is 0.320. The minimum absolute atomic E-state index is 0.0865. The highest BCUT2D eigenvalue weighted by Gasteiger charge is 2.16. The summed E-state index contributed by atoms with van der Waals surface area (Å²) in [6, 6.07) is 14.6. The third kappa shape index (κ3) is 9.90. The molecule has 0 spiro atoms. The van der Waals surface area contributed by atoms with E-state index in [-0.39, 0.29) is 31.3 Å². The number of amides is 3. The van der Waals surface area contributed by atoms with Crippen LogP contribution in [0.5, 0.6) is 5.75 Å². The Bertz CT molecular complexity index is 996. The smallest absolute Gasteiger partial charge is 0.407 e. The average Bonchev–Trinajstić information content (AvgIpc) is 2.76. The van der Waals surface area contributed by atoms with Crippen LogP contribution in [0.3, 0.4) is 0 Å². The lowest BCUT2D eigenvalue weighted by atomic mass is 10.1. The highest BCUT2D eigenvalue weighted by Crippen LogP contribution is 2.16. The number of carbonyl (C=O) groups excluding carboxylic acids is 3. The average molecular weight is 454 g/mol. The molecule has 0 atom stereocenters. The summed E-state index contributed by atoms with van der Waals surface area (Å²) in [5, 5.41) is 8.17. The standard InChI is InChI=1S/C25H31N3O5/c1-25(2,3)33-24(31)26-15-14-23(30)28-21-11-6-5-9-19(21)17-27-22(29)13-12-18-8-7-10-20(16-18)32-4/h5-13,16H,14-15,17H2,1-4H3,(H,26,31)(H,27,29)(H,28,30)/b13-12+. The van der Waals surface area contributed by atoms with Crippen molar-refractivity contribution in [2.24, 2.45) is 0 Å². The highest BCUT2D eigenvalue weighted by atomic mass is 16.6. The molecule has 8 heteroatoms. The Labute approximate surface area is 194 Å². The molecular weight excluding hydrogens is 422 g/mol. The molecule has 3 N–H and O–H groups in total. The minimum atomic E-state index is -0.598. The summed E-state index contributed by atoms with van der Waals surface area (Å²) in [5.41, 5.74) is 1.60. The zero-order valence-corrected chi connectivity index (χ0v) is 19.4. The number of methoxy groups -OCH3 is 1. The molecule has 0 heterocycles. The van der Waals surface area contributed by atoms with Crippen LogP contribution in [0.4, 0.5) is 10.5 Å². The van der Waals surface area contributed by atoms with E-state index >= 15 is 0 Å². The molecule has 0 aliphatic heterocycles. The lowest BCUT2D eigenvalue weighted by Crippen LogP contribution is -2.34. The van der Waals surface area contributed by atoms with Gasteiger partial charge >= 0.3 is 6.09 Å². The Hall–Kier alpha value is -3.81. The lowest BCUT2D eigenvalue weighted by molar-refractivity contribution is -0.117. The quantitative estimate of drug-likeness (QED) is 0.500. The van der Waals surface area contributed by atoms with Crippen molar-refractivity contribution >= 4 is 29.7 Å². The van der Waals surface area contributed by atoms with Gasteiger partial charge in [0.2, 0.25) is 11.8 Å². The van der Waals surface area contributed by atoms with Crippen molar-refractivity contribution in [3.8, 4) is 5.75 Å². The molecule has 2 rings (SSSR count). The summed E-state index contributed by atoms with van der Waals surface area (Å²) in [6.45, 7) is 5.69. The van der Waals surface area contributed by atoms with Crippen LogP contribution in [0.2, 0.25) is 0 Å². The van der Waals surface area contributed by atoms with Crippen LogP contribution in [-0.2, 0) is 20.9 Å². The number of anilines is 1. The van der Waals surface area contributed by atoms with Crippen LogP contribution < -0.4 is 20.7 Å². The molecule has 0 aromatic heterocycles. The second-order valence-corrected chi connectivity index (χ2v) is 8.21. The van der Waals surface area contributed by atoms with Gasteiger partial charge in [-0.3, -0.25) is 9.59 Å². The van der Waals surface area contributed by atoms with Gasteiger partial charge < -0.3 is 25.4 Å². The molecule has 0 fully saturated rings. The number of hydrogen-bond donors (Lipinski definition) is 3. The molecule has 0 aliphatic carbocycles. The summed E-state index contributed by atoms with van der Waals surface area (Å²) in [6.07, 6.45) is 2.66. The molecule has 0 saturated carbocycles. The van der Waals surface area contributed by atoms with Gasteiger partial charge in [0.15, 0.2) is 0 Å². The van der Waals surface area contributed by atoms with E-state index in [2.05, 4.69) is 16.0 Å². The number of hydrogen-bond acceptors (Lipinski definition) is 5. The van der Waals surface area contributed by atoms with E-state index in [1.165, 1.54) is 6.08 Å². The zero-order valence-electron chi connectivity index (χ0n) is 19.4. The zero-order chi connectivity index (χ0) is 24.3. The highest BCUT2D eigenvalue weighted by molar-refractivity contribution is 5.93. The van der Waals surface area contributed by atoms with Crippen LogP contribution in [-0.4, -0.2) is 37.2 Å². The number of nitrogens with one attached hydrogen (secondary N) is 3. The Morgan fingerprint density at radius 3 is 2.48 bits per heavy atom. The van der Waals surface area contributed by atoms with Crippen molar-refractivity contribution in [3.05, 3.63) is 65.7 Å². The minimum Gasteiger partial charge on any atom is -0.497 e. The van der Waals surface area contributed by atoms with Crippen molar-refractivity contribution in [2.75, 3.05) is 19.0 Å². The first kappa shape index (κ1) is 25.5. The maximum atomic E-state index is 12.3. The van der Waals surface area contributed by atoms with E-state index in [1.807, 2.05) is 36.4 Å². The second kappa shape index (κ2) is 12.3. The monoisotopic (exact) mass is 453 g/mol. The van der Waals surface area contributed by atoms with E-state index in [0.29, 0.717) is 11.4 Å². The van der Waals surface area contributed by atoms with Gasteiger partial charge in [-0.25, -0.2) is 4.79 Å². The Kier molecular flexibility index (Phi) is 9.47. The van der Waals surface area contributed by atoms with Crippen molar-refractivity contribution in [1.29, 1.82) is 0 Å². The molecule has 0 bridgehead atoms. The maximum Gasteiger partial charge on any atom is 0.407 e. The molecule has 2 aromatic rings. The summed E-state index contributed by atoms with van der Waals surface area (Å²) in [7, 11) is 1.59. The molecule has 0 saturated heterocycles. The normalized spacial score (nSPS) is 11.0. The fourth-order valence-corrected chi connectivity index (χ4v) is 2.76. The molecule has 33 heavy (non-hydrogen) atoms. The SMILES string of the molecule is COc1cccc(/C=C/C(=O)NCc2ccccc2NC(=O)CCNC(=O)OC(C)(C)C)c1. The van der Waals surface area contributed by atoms with Crippen LogP contribution in [0.15, 0.2) is 54.6 Å². The number of benzene rings is 2. The van der Waals surface area contributed by atoms with Gasteiger partial charge in [-0.15, -0.1) is 0 Å². The Morgan fingerprint density at radius 2 is 1.76 bits per heavy atom. The summed E-state index contributed by atoms with van der Waals surface area (Å²) in [5.74, 6) is 0.187. The van der Waals surface area contributed by atoms with Crippen LogP contribution in [0.1, 0.15) is 38.3 Å². The van der Waals surface area contributed by atoms with Gasteiger partial charge in [-0.1, -0.05) is 30.3 Å². The summed E-state index contributed by atoms with van der Waals surface area (Å²) < 4.78 is 10.3. The van der Waals surface area contributed by atoms with Crippen molar-refractivity contribution < 1.29 is 23.9 Å². The van der Waals surface area contributed by atoms with E-state index in [1.54, 1.807) is 46.1 Å². The fourth-order valence-electron chi connectivity index (χ4n) is 2.76. The molecule has 0 aliphatic rings. The number of rotatable bonds is 9.